The van der Waals surface area contributed by atoms with Crippen LogP contribution in [0.15, 0.2) is 71.8 Å². The van der Waals surface area contributed by atoms with Gasteiger partial charge in [-0.05, 0) is 19.1 Å². The molecule has 7 nitrogen and oxygen atoms in total. The summed E-state index contributed by atoms with van der Waals surface area (Å²) in [6, 6.07) is 16.4. The number of fused-ring (bicyclic) bond motifs is 1. The molecule has 2 heterocycles. The molecule has 0 atom stereocenters. The van der Waals surface area contributed by atoms with Gasteiger partial charge < -0.3 is 4.57 Å². The maximum absolute atomic E-state index is 13.0. The summed E-state index contributed by atoms with van der Waals surface area (Å²) < 4.78 is 2.92. The number of nitrogens with zero attached hydrogens (tertiary/aromatic N) is 4. The smallest absolute Gasteiger partial charge is 0.280 e. The summed E-state index contributed by atoms with van der Waals surface area (Å²) in [5, 5.41) is 0.441. The lowest BCUT2D eigenvalue weighted by Gasteiger charge is -2.15. The maximum atomic E-state index is 13.0. The molecule has 2 aromatic carbocycles. The summed E-state index contributed by atoms with van der Waals surface area (Å²) >= 11 is 0. The van der Waals surface area contributed by atoms with E-state index in [2.05, 4.69) is 15.4 Å². The molecule has 0 aliphatic heterocycles. The number of carbonyl (C=O) groups excluding carboxylic acids is 1. The maximum Gasteiger partial charge on any atom is 0.280 e. The number of aryl methyl sites for hydroxylation is 1. The Morgan fingerprint density at radius 3 is 2.56 bits per heavy atom. The summed E-state index contributed by atoms with van der Waals surface area (Å²) in [7, 11) is 0. The fourth-order valence-electron chi connectivity index (χ4n) is 2.90. The van der Waals surface area contributed by atoms with Crippen molar-refractivity contribution in [3.05, 3.63) is 83.2 Å². The van der Waals surface area contributed by atoms with Crippen LogP contribution in [0.25, 0.3) is 22.3 Å². The molecule has 7 heteroatoms. The second kappa shape index (κ2) is 6.87. The van der Waals surface area contributed by atoms with Crippen molar-refractivity contribution in [1.82, 2.24) is 19.2 Å². The second-order valence-electron chi connectivity index (χ2n) is 6.10. The van der Waals surface area contributed by atoms with Crippen molar-refractivity contribution in [2.24, 2.45) is 0 Å². The quantitative estimate of drug-likeness (QED) is 0.606. The van der Waals surface area contributed by atoms with Gasteiger partial charge in [-0.15, -0.1) is 0 Å². The number of para-hydroxylation sites is 1. The number of rotatable bonds is 4. The lowest BCUT2D eigenvalue weighted by molar-refractivity contribution is -0.117. The molecule has 0 radical (unpaired) electrons. The Bertz CT molecular complexity index is 1180. The molecule has 0 aliphatic rings. The van der Waals surface area contributed by atoms with E-state index >= 15 is 0 Å². The van der Waals surface area contributed by atoms with E-state index in [1.807, 2.05) is 43.3 Å². The third kappa shape index (κ3) is 3.22. The van der Waals surface area contributed by atoms with Crippen molar-refractivity contribution >= 4 is 16.8 Å². The van der Waals surface area contributed by atoms with Crippen molar-refractivity contribution < 1.29 is 4.79 Å². The van der Waals surface area contributed by atoms with Gasteiger partial charge in [-0.2, -0.15) is 4.68 Å². The summed E-state index contributed by atoms with van der Waals surface area (Å²) in [6.07, 6.45) is 3.34. The fourth-order valence-corrected chi connectivity index (χ4v) is 2.90. The molecule has 0 fully saturated rings. The molecule has 0 bridgehead atoms. The number of aromatic nitrogens is 4. The average Bonchev–Trinajstić information content (AvgIpc) is 3.09. The van der Waals surface area contributed by atoms with Gasteiger partial charge in [0.25, 0.3) is 11.5 Å². The first-order valence-electron chi connectivity index (χ1n) is 8.48. The molecule has 0 saturated carbocycles. The minimum absolute atomic E-state index is 0.0549. The van der Waals surface area contributed by atoms with Gasteiger partial charge in [-0.25, -0.2) is 9.97 Å². The van der Waals surface area contributed by atoms with E-state index in [0.717, 1.165) is 11.4 Å². The van der Waals surface area contributed by atoms with Crippen LogP contribution in [0.1, 0.15) is 5.82 Å². The SMILES string of the molecule is Cc1nccn1CC(=O)Nn1c(-c2ccccc2)nc2ccccc2c1=O. The van der Waals surface area contributed by atoms with Crippen LogP contribution in [0, 0.1) is 6.92 Å². The van der Waals surface area contributed by atoms with Crippen LogP contribution in [0.3, 0.4) is 0 Å². The van der Waals surface area contributed by atoms with Crippen LogP contribution in [-0.2, 0) is 11.3 Å². The molecule has 4 rings (SSSR count). The standard InChI is InChI=1S/C20H17N5O2/c1-14-21-11-12-24(14)13-18(26)23-25-19(15-7-3-2-4-8-15)22-17-10-6-5-9-16(17)20(25)27/h2-12H,13H2,1H3,(H,23,26). The Kier molecular flexibility index (Phi) is 4.25. The van der Waals surface area contributed by atoms with E-state index < -0.39 is 0 Å². The molecule has 134 valence electrons. The van der Waals surface area contributed by atoms with E-state index in [1.54, 1.807) is 35.2 Å². The van der Waals surface area contributed by atoms with Crippen molar-refractivity contribution in [2.75, 3.05) is 5.43 Å². The molecule has 0 saturated heterocycles. The minimum atomic E-state index is -0.340. The van der Waals surface area contributed by atoms with Crippen molar-refractivity contribution in [3.8, 4) is 11.4 Å². The molecule has 27 heavy (non-hydrogen) atoms. The normalized spacial score (nSPS) is 10.9. The number of hydrogen-bond acceptors (Lipinski definition) is 4. The second-order valence-corrected chi connectivity index (χ2v) is 6.10. The van der Waals surface area contributed by atoms with Crippen LogP contribution >= 0.6 is 0 Å². The molecule has 0 aliphatic carbocycles. The predicted molar refractivity (Wildman–Crippen MR) is 103 cm³/mol. The fraction of sp³-hybridized carbons (Fsp3) is 0.100. The third-order valence-corrected chi connectivity index (χ3v) is 4.28. The molecule has 1 N–H and O–H groups in total. The summed E-state index contributed by atoms with van der Waals surface area (Å²) in [6.45, 7) is 1.87. The van der Waals surface area contributed by atoms with E-state index in [-0.39, 0.29) is 18.0 Å². The summed E-state index contributed by atoms with van der Waals surface area (Å²) in [5.41, 5.74) is 3.68. The molecule has 2 aromatic heterocycles. The van der Waals surface area contributed by atoms with Gasteiger partial charge >= 0.3 is 0 Å². The lowest BCUT2D eigenvalue weighted by Crippen LogP contribution is -2.36. The van der Waals surface area contributed by atoms with Crippen molar-refractivity contribution in [3.63, 3.8) is 0 Å². The molecule has 1 amide bonds. The first kappa shape index (κ1) is 16.7. The van der Waals surface area contributed by atoms with Gasteiger partial charge in [0, 0.05) is 18.0 Å². The summed E-state index contributed by atoms with van der Waals surface area (Å²) in [4.78, 5) is 34.3. The van der Waals surface area contributed by atoms with Gasteiger partial charge in [0.1, 0.15) is 12.4 Å². The number of hydrogen-bond donors (Lipinski definition) is 1. The van der Waals surface area contributed by atoms with Gasteiger partial charge in [-0.1, -0.05) is 42.5 Å². The van der Waals surface area contributed by atoms with Gasteiger partial charge in [-0.3, -0.25) is 15.0 Å². The van der Waals surface area contributed by atoms with Crippen LogP contribution in [0.4, 0.5) is 0 Å². The first-order chi connectivity index (χ1) is 13.1. The topological polar surface area (TPSA) is 81.8 Å². The Labute approximate surface area is 154 Å². The molecular formula is C20H17N5O2. The predicted octanol–water partition coefficient (Wildman–Crippen LogP) is 2.34. The Morgan fingerprint density at radius 1 is 1.07 bits per heavy atom. The molecular weight excluding hydrogens is 342 g/mol. The Morgan fingerprint density at radius 2 is 1.81 bits per heavy atom. The molecule has 0 spiro atoms. The highest BCUT2D eigenvalue weighted by molar-refractivity contribution is 5.86. The monoisotopic (exact) mass is 359 g/mol. The van der Waals surface area contributed by atoms with E-state index in [9.17, 15) is 9.59 Å². The number of imidazole rings is 1. The van der Waals surface area contributed by atoms with Crippen molar-refractivity contribution in [1.29, 1.82) is 0 Å². The van der Waals surface area contributed by atoms with Gasteiger partial charge in [0.2, 0.25) is 0 Å². The molecule has 0 unspecified atom stereocenters. The van der Waals surface area contributed by atoms with Crippen LogP contribution in [-0.4, -0.2) is 25.1 Å². The highest BCUT2D eigenvalue weighted by Gasteiger charge is 2.15. The lowest BCUT2D eigenvalue weighted by atomic mass is 10.2. The number of amides is 1. The Hall–Kier alpha value is -3.74. The van der Waals surface area contributed by atoms with Crippen molar-refractivity contribution in [2.45, 2.75) is 13.5 Å². The highest BCUT2D eigenvalue weighted by Crippen LogP contribution is 2.17. The van der Waals surface area contributed by atoms with E-state index in [1.165, 1.54) is 4.68 Å². The zero-order valence-corrected chi connectivity index (χ0v) is 14.7. The van der Waals surface area contributed by atoms with E-state index in [0.29, 0.717) is 16.7 Å². The van der Waals surface area contributed by atoms with E-state index in [4.69, 9.17) is 0 Å². The first-order valence-corrected chi connectivity index (χ1v) is 8.48. The zero-order chi connectivity index (χ0) is 18.8. The summed E-state index contributed by atoms with van der Waals surface area (Å²) in [5.74, 6) is 0.764. The largest absolute Gasteiger partial charge is 0.326 e. The molecule has 4 aromatic rings. The average molecular weight is 359 g/mol. The zero-order valence-electron chi connectivity index (χ0n) is 14.7. The van der Waals surface area contributed by atoms with Crippen LogP contribution in [0.2, 0.25) is 0 Å². The number of nitrogens with one attached hydrogen (secondary N) is 1. The van der Waals surface area contributed by atoms with Gasteiger partial charge in [0.15, 0.2) is 5.82 Å². The highest BCUT2D eigenvalue weighted by atomic mass is 16.2. The third-order valence-electron chi connectivity index (χ3n) is 4.28. The number of carbonyl (C=O) groups is 1. The van der Waals surface area contributed by atoms with Gasteiger partial charge in [0.05, 0.1) is 10.9 Å². The Balaban J connectivity index is 1.80. The number of benzene rings is 2. The minimum Gasteiger partial charge on any atom is -0.326 e. The van der Waals surface area contributed by atoms with Crippen LogP contribution in [0.5, 0.6) is 0 Å². The van der Waals surface area contributed by atoms with Crippen LogP contribution < -0.4 is 11.0 Å².